The van der Waals surface area contributed by atoms with Crippen molar-refractivity contribution in [3.8, 4) is 0 Å². The van der Waals surface area contributed by atoms with E-state index < -0.39 is 10.0 Å². The first-order chi connectivity index (χ1) is 14.7. The minimum absolute atomic E-state index is 0.176. The first kappa shape index (κ1) is 21.7. The van der Waals surface area contributed by atoms with Gasteiger partial charge in [0.1, 0.15) is 0 Å². The molecule has 8 heteroatoms. The van der Waals surface area contributed by atoms with Crippen molar-refractivity contribution in [1.29, 1.82) is 0 Å². The van der Waals surface area contributed by atoms with E-state index in [1.54, 1.807) is 48.5 Å². The molecule has 0 spiro atoms. The van der Waals surface area contributed by atoms with Gasteiger partial charge in [0.25, 0.3) is 15.9 Å². The number of rotatable bonds is 4. The van der Waals surface area contributed by atoms with Crippen LogP contribution in [0.15, 0.2) is 65.6 Å². The Labute approximate surface area is 191 Å². The van der Waals surface area contributed by atoms with Crippen molar-refractivity contribution < 1.29 is 13.2 Å². The average Bonchev–Trinajstić information content (AvgIpc) is 3.07. The predicted molar refractivity (Wildman–Crippen MR) is 125 cm³/mol. The van der Waals surface area contributed by atoms with Crippen molar-refractivity contribution in [3.63, 3.8) is 0 Å². The van der Waals surface area contributed by atoms with Crippen LogP contribution in [0.1, 0.15) is 28.4 Å². The van der Waals surface area contributed by atoms with Crippen LogP contribution in [0.25, 0.3) is 0 Å². The van der Waals surface area contributed by atoms with Crippen LogP contribution in [0.4, 0.5) is 11.4 Å². The van der Waals surface area contributed by atoms with Crippen molar-refractivity contribution >= 4 is 50.5 Å². The highest BCUT2D eigenvalue weighted by Crippen LogP contribution is 2.37. The Bertz CT molecular complexity index is 1270. The number of hydrogen-bond acceptors (Lipinski definition) is 3. The lowest BCUT2D eigenvalue weighted by atomic mass is 10.1. The average molecular weight is 475 g/mol. The molecule has 4 rings (SSSR count). The summed E-state index contributed by atoms with van der Waals surface area (Å²) >= 11 is 12.0. The molecular weight excluding hydrogens is 455 g/mol. The second kappa shape index (κ2) is 8.19. The van der Waals surface area contributed by atoms with Gasteiger partial charge in [-0.2, -0.15) is 0 Å². The maximum absolute atomic E-state index is 13.2. The lowest BCUT2D eigenvalue weighted by Gasteiger charge is -2.24. The summed E-state index contributed by atoms with van der Waals surface area (Å²) in [5.74, 6) is -0.278. The summed E-state index contributed by atoms with van der Waals surface area (Å²) in [5, 5.41) is 3.92. The Morgan fingerprint density at radius 1 is 1.06 bits per heavy atom. The van der Waals surface area contributed by atoms with Crippen molar-refractivity contribution in [1.82, 2.24) is 0 Å². The molecule has 0 saturated heterocycles. The molecule has 0 saturated carbocycles. The van der Waals surface area contributed by atoms with Gasteiger partial charge in [-0.15, -0.1) is 0 Å². The highest BCUT2D eigenvalue weighted by Gasteiger charge is 2.36. The highest BCUT2D eigenvalue weighted by atomic mass is 35.5. The fourth-order valence-electron chi connectivity index (χ4n) is 3.77. The molecule has 160 valence electrons. The number of sulfonamides is 1. The van der Waals surface area contributed by atoms with Gasteiger partial charge in [0.15, 0.2) is 0 Å². The van der Waals surface area contributed by atoms with Gasteiger partial charge in [0, 0.05) is 27.3 Å². The second-order valence-corrected chi connectivity index (χ2v) is 10.2. The molecule has 0 radical (unpaired) electrons. The number of carbonyl (C=O) groups is 1. The molecule has 1 aliphatic rings. The fraction of sp³-hybridized carbons (Fsp3) is 0.174. The Kier molecular flexibility index (Phi) is 5.73. The van der Waals surface area contributed by atoms with E-state index >= 15 is 0 Å². The van der Waals surface area contributed by atoms with Gasteiger partial charge in [-0.3, -0.25) is 9.10 Å². The Morgan fingerprint density at radius 2 is 1.77 bits per heavy atom. The van der Waals surface area contributed by atoms with Gasteiger partial charge in [0.2, 0.25) is 0 Å². The van der Waals surface area contributed by atoms with E-state index in [2.05, 4.69) is 5.32 Å². The van der Waals surface area contributed by atoms with Gasteiger partial charge in [-0.1, -0.05) is 29.3 Å². The van der Waals surface area contributed by atoms with Crippen molar-refractivity contribution in [2.45, 2.75) is 31.2 Å². The maximum atomic E-state index is 13.2. The number of amides is 1. The molecule has 1 amide bonds. The summed E-state index contributed by atoms with van der Waals surface area (Å²) in [6.45, 7) is 3.68. The zero-order chi connectivity index (χ0) is 22.3. The Hall–Kier alpha value is -2.54. The monoisotopic (exact) mass is 474 g/mol. The second-order valence-electron chi connectivity index (χ2n) is 7.52. The zero-order valence-corrected chi connectivity index (χ0v) is 19.2. The predicted octanol–water partition coefficient (Wildman–Crippen LogP) is 5.69. The smallest absolute Gasteiger partial charge is 0.264 e. The molecule has 0 aromatic heterocycles. The number of fused-ring (bicyclic) bond motifs is 1. The summed E-state index contributed by atoms with van der Waals surface area (Å²) in [7, 11) is -3.75. The normalized spacial score (nSPS) is 15.6. The molecule has 1 heterocycles. The van der Waals surface area contributed by atoms with Crippen LogP contribution < -0.4 is 9.62 Å². The molecule has 1 aliphatic heterocycles. The van der Waals surface area contributed by atoms with E-state index in [1.807, 2.05) is 13.8 Å². The summed E-state index contributed by atoms with van der Waals surface area (Å²) in [4.78, 5) is 13.0. The minimum Gasteiger partial charge on any atom is -0.322 e. The van der Waals surface area contributed by atoms with E-state index in [-0.39, 0.29) is 16.8 Å². The molecule has 0 fully saturated rings. The number of anilines is 2. The maximum Gasteiger partial charge on any atom is 0.264 e. The Morgan fingerprint density at radius 3 is 2.48 bits per heavy atom. The molecule has 3 aromatic rings. The molecule has 1 atom stereocenters. The number of carbonyl (C=O) groups excluding carboxylic acids is 1. The van der Waals surface area contributed by atoms with Crippen LogP contribution in [0.5, 0.6) is 0 Å². The molecular formula is C23H20Cl2N2O3S. The molecule has 0 aliphatic carbocycles. The van der Waals surface area contributed by atoms with Gasteiger partial charge in [-0.05, 0) is 86.0 Å². The van der Waals surface area contributed by atoms with Gasteiger partial charge < -0.3 is 5.32 Å². The minimum atomic E-state index is -3.75. The molecule has 0 unspecified atom stereocenters. The van der Waals surface area contributed by atoms with E-state index in [0.29, 0.717) is 33.4 Å². The molecule has 1 N–H and O–H groups in total. The van der Waals surface area contributed by atoms with Crippen LogP contribution in [0.2, 0.25) is 10.0 Å². The van der Waals surface area contributed by atoms with Crippen molar-refractivity contribution in [2.24, 2.45) is 0 Å². The first-order valence-electron chi connectivity index (χ1n) is 9.68. The third kappa shape index (κ3) is 4.03. The summed E-state index contributed by atoms with van der Waals surface area (Å²) in [6.07, 6.45) is 0.513. The third-order valence-corrected chi connectivity index (χ3v) is 7.98. The summed E-state index contributed by atoms with van der Waals surface area (Å²) in [5.41, 5.74) is 3.26. The van der Waals surface area contributed by atoms with Crippen LogP contribution in [0, 0.1) is 6.92 Å². The summed E-state index contributed by atoms with van der Waals surface area (Å²) in [6, 6.07) is 16.2. The number of nitrogens with one attached hydrogen (secondary N) is 1. The van der Waals surface area contributed by atoms with Crippen LogP contribution in [-0.4, -0.2) is 20.4 Å². The van der Waals surface area contributed by atoms with Crippen molar-refractivity contribution in [2.75, 3.05) is 9.62 Å². The molecule has 3 aromatic carbocycles. The Balaban J connectivity index is 1.64. The van der Waals surface area contributed by atoms with E-state index in [9.17, 15) is 13.2 Å². The lowest BCUT2D eigenvalue weighted by molar-refractivity contribution is 0.102. The molecule has 5 nitrogen and oxygen atoms in total. The van der Waals surface area contributed by atoms with Crippen LogP contribution in [-0.2, 0) is 16.4 Å². The first-order valence-corrected chi connectivity index (χ1v) is 11.9. The van der Waals surface area contributed by atoms with Gasteiger partial charge in [0.05, 0.1) is 10.6 Å². The standard InChI is InChI=1S/C23H20Cl2N2O3S/c1-14-12-17-13-16(23(28)26-21-5-3-4-20(25)15(21)2)6-11-22(17)27(14)31(29,30)19-9-7-18(24)8-10-19/h3-11,13-14H,12H2,1-2H3,(H,26,28)/t14-/m1/s1. The number of nitrogens with zero attached hydrogens (tertiary/aromatic N) is 1. The summed E-state index contributed by atoms with van der Waals surface area (Å²) < 4.78 is 27.9. The van der Waals surface area contributed by atoms with E-state index in [4.69, 9.17) is 23.2 Å². The van der Waals surface area contributed by atoms with Gasteiger partial charge in [-0.25, -0.2) is 8.42 Å². The lowest BCUT2D eigenvalue weighted by Crippen LogP contribution is -2.35. The number of halogens is 2. The topological polar surface area (TPSA) is 66.5 Å². The fourth-order valence-corrected chi connectivity index (χ4v) is 5.76. The molecule has 0 bridgehead atoms. The third-order valence-electron chi connectivity index (χ3n) is 5.38. The largest absolute Gasteiger partial charge is 0.322 e. The SMILES string of the molecule is Cc1c(Cl)cccc1NC(=O)c1ccc2c(c1)C[C@@H](C)N2S(=O)(=O)c1ccc(Cl)cc1. The molecule has 31 heavy (non-hydrogen) atoms. The quantitative estimate of drug-likeness (QED) is 0.527. The van der Waals surface area contributed by atoms with E-state index in [1.165, 1.54) is 16.4 Å². The van der Waals surface area contributed by atoms with Crippen molar-refractivity contribution in [3.05, 3.63) is 87.4 Å². The van der Waals surface area contributed by atoms with E-state index in [0.717, 1.165) is 11.1 Å². The van der Waals surface area contributed by atoms with Crippen LogP contribution >= 0.6 is 23.2 Å². The number of hydrogen-bond donors (Lipinski definition) is 1. The zero-order valence-electron chi connectivity index (χ0n) is 16.9. The number of benzene rings is 3. The highest BCUT2D eigenvalue weighted by molar-refractivity contribution is 7.92. The van der Waals surface area contributed by atoms with Crippen LogP contribution in [0.3, 0.4) is 0 Å². The van der Waals surface area contributed by atoms with Gasteiger partial charge >= 0.3 is 0 Å².